The molecule has 0 aromatic heterocycles. The topological polar surface area (TPSA) is 120 Å². The highest BCUT2D eigenvalue weighted by Gasteiger charge is 2.53. The smallest absolute Gasteiger partial charge is 0.407 e. The molecular weight excluding hydrogens is 534 g/mol. The van der Waals surface area contributed by atoms with Crippen LogP contribution in [-0.2, 0) is 20.9 Å². The fourth-order valence-electron chi connectivity index (χ4n) is 5.66. The van der Waals surface area contributed by atoms with Gasteiger partial charge in [0.1, 0.15) is 18.2 Å². The molecule has 2 aromatic rings. The minimum absolute atomic E-state index is 0.0697. The van der Waals surface area contributed by atoms with Crippen molar-refractivity contribution in [1.82, 2.24) is 20.4 Å². The molecule has 2 aromatic carbocycles. The van der Waals surface area contributed by atoms with Crippen molar-refractivity contribution in [3.05, 3.63) is 65.2 Å². The van der Waals surface area contributed by atoms with Crippen molar-refractivity contribution >= 4 is 29.6 Å². The Morgan fingerprint density at radius 3 is 2.45 bits per heavy atom. The zero-order valence-electron chi connectivity index (χ0n) is 24.9. The number of piperazine rings is 1. The molecule has 2 aliphatic heterocycles. The quantitative estimate of drug-likeness (QED) is 0.359. The summed E-state index contributed by atoms with van der Waals surface area (Å²) >= 11 is 0. The van der Waals surface area contributed by atoms with E-state index in [0.29, 0.717) is 58.3 Å². The van der Waals surface area contributed by atoms with Gasteiger partial charge in [0, 0.05) is 31.9 Å². The average Bonchev–Trinajstić information content (AvgIpc) is 2.99. The molecule has 4 rings (SSSR count). The molecule has 2 heterocycles. The first-order valence-corrected chi connectivity index (χ1v) is 14.9. The van der Waals surface area contributed by atoms with Crippen LogP contribution in [-0.4, -0.2) is 71.5 Å². The molecule has 1 atom stereocenters. The number of carbonyl (C=O) groups excluding carboxylic acids is 4. The summed E-state index contributed by atoms with van der Waals surface area (Å²) < 4.78 is 5.22. The summed E-state index contributed by atoms with van der Waals surface area (Å²) in [5.41, 5.74) is 2.98. The number of anilines is 1. The van der Waals surface area contributed by atoms with Crippen LogP contribution in [0.2, 0.25) is 0 Å². The van der Waals surface area contributed by atoms with Crippen LogP contribution in [0.15, 0.2) is 48.5 Å². The molecule has 0 bridgehead atoms. The number of urea groups is 1. The number of rotatable bonds is 10. The zero-order chi connectivity index (χ0) is 30.1. The predicted octanol–water partition coefficient (Wildman–Crippen LogP) is 4.50. The van der Waals surface area contributed by atoms with Crippen LogP contribution in [0.5, 0.6) is 0 Å². The van der Waals surface area contributed by atoms with E-state index >= 15 is 0 Å². The summed E-state index contributed by atoms with van der Waals surface area (Å²) in [7, 11) is 0. The Bertz CT molecular complexity index is 1260. The van der Waals surface area contributed by atoms with Crippen molar-refractivity contribution in [3.8, 4) is 0 Å². The summed E-state index contributed by atoms with van der Waals surface area (Å²) in [5, 5.41) is 8.69. The number of ether oxygens (including phenoxy) is 1. The number of carbonyl (C=O) groups is 4. The SMILES string of the molecule is CCCN1C(=O)[C@H](CCCCNC(=O)OCc2ccccc2)NC(=O)C12CCN(C(=O)Nc1ccc(C)c(C)c1)CC2. The van der Waals surface area contributed by atoms with E-state index in [1.54, 1.807) is 9.80 Å². The molecule has 2 saturated heterocycles. The number of aryl methyl sites for hydroxylation is 2. The second kappa shape index (κ2) is 14.2. The molecule has 0 saturated carbocycles. The zero-order valence-corrected chi connectivity index (χ0v) is 24.9. The van der Waals surface area contributed by atoms with Crippen LogP contribution >= 0.6 is 0 Å². The Labute approximate surface area is 248 Å². The van der Waals surface area contributed by atoms with Crippen LogP contribution < -0.4 is 16.0 Å². The highest BCUT2D eigenvalue weighted by molar-refractivity contribution is 6.00. The van der Waals surface area contributed by atoms with E-state index in [0.717, 1.165) is 28.8 Å². The Balaban J connectivity index is 1.24. The number of likely N-dealkylation sites (tertiary alicyclic amines) is 1. The lowest BCUT2D eigenvalue weighted by molar-refractivity contribution is -0.160. The molecule has 5 amide bonds. The van der Waals surface area contributed by atoms with Gasteiger partial charge in [-0.25, -0.2) is 9.59 Å². The Hall–Kier alpha value is -4.08. The van der Waals surface area contributed by atoms with Crippen molar-refractivity contribution < 1.29 is 23.9 Å². The number of hydrogen-bond donors (Lipinski definition) is 3. The summed E-state index contributed by atoms with van der Waals surface area (Å²) in [6.45, 7) is 7.92. The Kier molecular flexibility index (Phi) is 10.4. The van der Waals surface area contributed by atoms with Gasteiger partial charge in [-0.15, -0.1) is 0 Å². The molecule has 3 N–H and O–H groups in total. The molecule has 10 nitrogen and oxygen atoms in total. The molecule has 226 valence electrons. The van der Waals surface area contributed by atoms with Gasteiger partial charge in [-0.2, -0.15) is 0 Å². The fraction of sp³-hybridized carbons (Fsp3) is 0.500. The number of nitrogens with one attached hydrogen (secondary N) is 3. The van der Waals surface area contributed by atoms with Crippen LogP contribution in [0.1, 0.15) is 62.1 Å². The van der Waals surface area contributed by atoms with Crippen LogP contribution in [0, 0.1) is 13.8 Å². The Morgan fingerprint density at radius 2 is 1.76 bits per heavy atom. The van der Waals surface area contributed by atoms with Gasteiger partial charge in [0.05, 0.1) is 0 Å². The highest BCUT2D eigenvalue weighted by Crippen LogP contribution is 2.34. The van der Waals surface area contributed by atoms with E-state index in [1.807, 2.05) is 69.3 Å². The molecule has 10 heteroatoms. The highest BCUT2D eigenvalue weighted by atomic mass is 16.5. The van der Waals surface area contributed by atoms with E-state index in [2.05, 4.69) is 16.0 Å². The van der Waals surface area contributed by atoms with Crippen molar-refractivity contribution in [2.45, 2.75) is 77.5 Å². The minimum Gasteiger partial charge on any atom is -0.445 e. The predicted molar refractivity (Wildman–Crippen MR) is 161 cm³/mol. The van der Waals surface area contributed by atoms with Crippen LogP contribution in [0.3, 0.4) is 0 Å². The lowest BCUT2D eigenvalue weighted by Gasteiger charge is -2.51. The summed E-state index contributed by atoms with van der Waals surface area (Å²) in [6.07, 6.45) is 2.86. The third-order valence-corrected chi connectivity index (χ3v) is 8.29. The van der Waals surface area contributed by atoms with Gasteiger partial charge in [-0.05, 0) is 81.2 Å². The monoisotopic (exact) mass is 577 g/mol. The summed E-state index contributed by atoms with van der Waals surface area (Å²) in [5.74, 6) is -0.211. The molecule has 1 spiro atoms. The van der Waals surface area contributed by atoms with E-state index in [-0.39, 0.29) is 24.5 Å². The fourth-order valence-corrected chi connectivity index (χ4v) is 5.66. The maximum Gasteiger partial charge on any atom is 0.407 e. The molecular formula is C32H43N5O5. The molecule has 2 fully saturated rings. The van der Waals surface area contributed by atoms with Crippen molar-refractivity contribution in [1.29, 1.82) is 0 Å². The van der Waals surface area contributed by atoms with Crippen LogP contribution in [0.4, 0.5) is 15.3 Å². The molecule has 0 aliphatic carbocycles. The largest absolute Gasteiger partial charge is 0.445 e. The number of benzene rings is 2. The standard InChI is InChI=1S/C32H43N5O5/c1-4-18-37-28(38)27(12-8-9-17-33-31(41)42-22-25-10-6-5-7-11-25)35-29(39)32(37)15-19-36(20-16-32)30(40)34-26-14-13-23(2)24(3)21-26/h5-7,10-11,13-14,21,27H,4,8-9,12,15-20,22H2,1-3H3,(H,33,41)(H,34,40)(H,35,39)/t27-/m0/s1. The number of amides is 5. The first-order valence-electron chi connectivity index (χ1n) is 14.9. The Morgan fingerprint density at radius 1 is 1.02 bits per heavy atom. The molecule has 2 aliphatic rings. The number of piperidine rings is 1. The molecule has 0 unspecified atom stereocenters. The molecule has 42 heavy (non-hydrogen) atoms. The van der Waals surface area contributed by atoms with Gasteiger partial charge in [0.15, 0.2) is 0 Å². The second-order valence-corrected chi connectivity index (χ2v) is 11.2. The first-order chi connectivity index (χ1) is 20.2. The van der Waals surface area contributed by atoms with E-state index in [1.165, 1.54) is 0 Å². The van der Waals surface area contributed by atoms with Gasteiger partial charge < -0.3 is 30.5 Å². The van der Waals surface area contributed by atoms with Crippen LogP contribution in [0.25, 0.3) is 0 Å². The van der Waals surface area contributed by atoms with Gasteiger partial charge in [0.25, 0.3) is 0 Å². The van der Waals surface area contributed by atoms with Gasteiger partial charge >= 0.3 is 12.1 Å². The lowest BCUT2D eigenvalue weighted by atomic mass is 9.81. The van der Waals surface area contributed by atoms with Crippen molar-refractivity contribution in [2.75, 3.05) is 31.5 Å². The van der Waals surface area contributed by atoms with Crippen molar-refractivity contribution in [3.63, 3.8) is 0 Å². The average molecular weight is 578 g/mol. The van der Waals surface area contributed by atoms with E-state index in [4.69, 9.17) is 4.74 Å². The minimum atomic E-state index is -0.940. The second-order valence-electron chi connectivity index (χ2n) is 11.2. The third kappa shape index (κ3) is 7.40. The van der Waals surface area contributed by atoms with Crippen molar-refractivity contribution in [2.24, 2.45) is 0 Å². The summed E-state index contributed by atoms with van der Waals surface area (Å²) in [6, 6.07) is 14.5. The third-order valence-electron chi connectivity index (χ3n) is 8.29. The van der Waals surface area contributed by atoms with Gasteiger partial charge in [0.2, 0.25) is 11.8 Å². The van der Waals surface area contributed by atoms with E-state index in [9.17, 15) is 19.2 Å². The normalized spacial score (nSPS) is 18.0. The van der Waals surface area contributed by atoms with E-state index < -0.39 is 17.7 Å². The maximum atomic E-state index is 13.6. The number of unbranched alkanes of at least 4 members (excludes halogenated alkanes) is 1. The molecule has 0 radical (unpaired) electrons. The first kappa shape index (κ1) is 30.9. The van der Waals surface area contributed by atoms with Gasteiger partial charge in [-0.1, -0.05) is 43.3 Å². The number of alkyl carbamates (subject to hydrolysis) is 1. The number of nitrogens with zero attached hydrogens (tertiary/aromatic N) is 2. The number of hydrogen-bond acceptors (Lipinski definition) is 5. The maximum absolute atomic E-state index is 13.6. The summed E-state index contributed by atoms with van der Waals surface area (Å²) in [4.78, 5) is 55.5. The lowest BCUT2D eigenvalue weighted by Crippen LogP contribution is -2.73. The van der Waals surface area contributed by atoms with Gasteiger partial charge in [-0.3, -0.25) is 9.59 Å².